The summed E-state index contributed by atoms with van der Waals surface area (Å²) in [6.45, 7) is 7.12. The molecule has 0 amide bonds. The predicted molar refractivity (Wildman–Crippen MR) is 319 cm³/mol. The number of carbonyl (C=O) groups is 2. The lowest BCUT2D eigenvalue weighted by Gasteiger charge is -2.26. The highest BCUT2D eigenvalue weighted by molar-refractivity contribution is 5.88. The number of unbranched alkanes of at least 4 members (excludes halogenated alkanes) is 1. The summed E-state index contributed by atoms with van der Waals surface area (Å²) < 4.78 is 4.65. The SMILES string of the molecule is COC(=O)/C(C)=C/C=C/C=C/CC/C=C/C(C)C(O)C(C)C(O)/C=C/C=C/C=C/C=C/C=C/C=C\C(O)C(C)C(=O)C(O)CC(O)/C=C/CC(O)CC(O)CC(O)/C=C/CC(O)CC(O)C(O)C(O)CC(O)CC(O)CCCN=C(N)N. The molecule has 0 aromatic rings. The van der Waals surface area contributed by atoms with Crippen LogP contribution in [0.2, 0.25) is 0 Å². The maximum absolute atomic E-state index is 12.8. The van der Waals surface area contributed by atoms with Crippen LogP contribution < -0.4 is 11.5 Å². The first-order valence-electron chi connectivity index (χ1n) is 28.0. The minimum Gasteiger partial charge on any atom is -0.466 e. The molecule has 82 heavy (non-hydrogen) atoms. The second kappa shape index (κ2) is 46.1. The van der Waals surface area contributed by atoms with Gasteiger partial charge in [-0.3, -0.25) is 9.79 Å². The lowest BCUT2D eigenvalue weighted by Crippen LogP contribution is -2.41. The molecule has 0 saturated heterocycles. The summed E-state index contributed by atoms with van der Waals surface area (Å²) in [5, 5.41) is 145. The Morgan fingerprint density at radius 2 is 0.976 bits per heavy atom. The quantitative estimate of drug-likeness (QED) is 0.00793. The van der Waals surface area contributed by atoms with Crippen molar-refractivity contribution in [3.05, 3.63) is 145 Å². The van der Waals surface area contributed by atoms with Gasteiger partial charge in [-0.1, -0.05) is 161 Å². The van der Waals surface area contributed by atoms with Crippen molar-refractivity contribution < 1.29 is 85.8 Å². The average molecular weight is 1160 g/mol. The Hall–Kier alpha value is -5.27. The summed E-state index contributed by atoms with van der Waals surface area (Å²) in [4.78, 5) is 28.0. The molecule has 20 nitrogen and oxygen atoms in total. The van der Waals surface area contributed by atoms with Crippen molar-refractivity contribution in [3.8, 4) is 0 Å². The third-order valence-electron chi connectivity index (χ3n) is 13.1. The zero-order chi connectivity index (χ0) is 62.0. The number of nitrogens with two attached hydrogens (primary N) is 2. The molecule has 0 aromatic carbocycles. The number of esters is 1. The van der Waals surface area contributed by atoms with Gasteiger partial charge in [0.2, 0.25) is 0 Å². The maximum Gasteiger partial charge on any atom is 0.333 e. The topological polar surface area (TPSA) is 391 Å². The number of hydrogen-bond acceptors (Lipinski definition) is 18. The number of guanidine groups is 1. The Bertz CT molecular complexity index is 2140. The van der Waals surface area contributed by atoms with Crippen LogP contribution in [0.1, 0.15) is 105 Å². The Kier molecular flexibility index (Phi) is 43.2. The molecular weight excluding hydrogens is 1060 g/mol. The number of ether oxygens (including phenoxy) is 1. The van der Waals surface area contributed by atoms with Crippen molar-refractivity contribution in [1.82, 2.24) is 0 Å². The second-order valence-electron chi connectivity index (χ2n) is 20.6. The molecule has 17 unspecified atom stereocenters. The number of rotatable bonds is 44. The van der Waals surface area contributed by atoms with Crippen molar-refractivity contribution in [1.29, 1.82) is 0 Å². The average Bonchev–Trinajstić information content (AvgIpc) is 3.44. The lowest BCUT2D eigenvalue weighted by molar-refractivity contribution is -0.136. The summed E-state index contributed by atoms with van der Waals surface area (Å²) in [7, 11) is 1.34. The normalized spacial score (nSPS) is 19.7. The summed E-state index contributed by atoms with van der Waals surface area (Å²) in [5.74, 6) is -2.67. The highest BCUT2D eigenvalue weighted by atomic mass is 16.5. The summed E-state index contributed by atoms with van der Waals surface area (Å²) in [6.07, 6.45) is 22.5. The molecule has 0 rings (SSSR count). The maximum atomic E-state index is 12.8. The van der Waals surface area contributed by atoms with E-state index in [9.17, 15) is 81.1 Å². The smallest absolute Gasteiger partial charge is 0.333 e. The van der Waals surface area contributed by atoms with Gasteiger partial charge in [0.25, 0.3) is 0 Å². The summed E-state index contributed by atoms with van der Waals surface area (Å²) in [6, 6.07) is 0. The van der Waals surface area contributed by atoms with E-state index in [-0.39, 0.29) is 69.2 Å². The van der Waals surface area contributed by atoms with E-state index in [4.69, 9.17) is 11.5 Å². The Balaban J connectivity index is 4.62. The minimum absolute atomic E-state index is 0.00320. The molecule has 0 saturated carbocycles. The molecule has 0 aliphatic carbocycles. The van der Waals surface area contributed by atoms with Crippen LogP contribution in [0.5, 0.6) is 0 Å². The fraction of sp³-hybridized carbons (Fsp3) is 0.565. The van der Waals surface area contributed by atoms with Crippen LogP contribution in [0, 0.1) is 17.8 Å². The molecular formula is C62H99N3O17. The first-order valence-corrected chi connectivity index (χ1v) is 28.0. The van der Waals surface area contributed by atoms with E-state index in [2.05, 4.69) is 9.73 Å². The van der Waals surface area contributed by atoms with Gasteiger partial charge in [-0.2, -0.15) is 0 Å². The number of methoxy groups -OCH3 is 1. The molecule has 0 aliphatic heterocycles. The second-order valence-corrected chi connectivity index (χ2v) is 20.6. The van der Waals surface area contributed by atoms with E-state index in [0.717, 1.165) is 12.8 Å². The number of aliphatic hydroxyl groups is 14. The molecule has 464 valence electrons. The molecule has 0 radical (unpaired) electrons. The van der Waals surface area contributed by atoms with Gasteiger partial charge < -0.3 is 87.7 Å². The van der Waals surface area contributed by atoms with Gasteiger partial charge in [0.05, 0.1) is 80.4 Å². The highest BCUT2D eigenvalue weighted by Gasteiger charge is 2.30. The number of allylic oxidation sites excluding steroid dienone is 16. The van der Waals surface area contributed by atoms with Gasteiger partial charge in [-0.15, -0.1) is 0 Å². The van der Waals surface area contributed by atoms with Crippen LogP contribution in [0.15, 0.2) is 150 Å². The fourth-order valence-electron chi connectivity index (χ4n) is 7.97. The number of carbonyl (C=O) groups excluding carboxylic acids is 2. The molecule has 0 heterocycles. The molecule has 18 N–H and O–H groups in total. The predicted octanol–water partition coefficient (Wildman–Crippen LogP) is 2.71. The number of aliphatic hydroxyl groups excluding tert-OH is 14. The van der Waals surface area contributed by atoms with Crippen molar-refractivity contribution in [3.63, 3.8) is 0 Å². The zero-order valence-corrected chi connectivity index (χ0v) is 48.4. The van der Waals surface area contributed by atoms with Crippen LogP contribution in [0.4, 0.5) is 0 Å². The van der Waals surface area contributed by atoms with Crippen LogP contribution in [-0.2, 0) is 14.3 Å². The van der Waals surface area contributed by atoms with E-state index >= 15 is 0 Å². The van der Waals surface area contributed by atoms with Crippen molar-refractivity contribution >= 4 is 17.7 Å². The number of nitrogens with zero attached hydrogens (tertiary/aromatic N) is 1. The first kappa shape index (κ1) is 76.7. The number of aliphatic imine (C=N–C) groups is 1. The standard InChI is InChI=1S/C62H99N3O17/c1-42(26-19-15-11-10-12-16-20-27-43(2)61(81)82-5)58(78)44(3)53(73)33-21-17-13-8-6-7-9-14-18-22-34-54(74)45(4)59(79)55(75)39-49(69)30-23-28-46(66)36-51(71)37-47(67)29-24-31-50(70)40-56(76)60(80)57(77)41-52(72)38-48(68)32-25-35-65-62(63)64/h6-10,12-14,16-24,26-27,29-30,33-34,42,44-58,60,66-78,80H,11,15,25,28,31-32,35-41H2,1-5H3,(H4,63,64,65)/b8-6+,9-7+,12-10+,17-13+,18-14+,20-16+,26-19+,29-24+,30-23+,33-21+,34-22-,43-27+. The highest BCUT2D eigenvalue weighted by Crippen LogP contribution is 2.21. The largest absolute Gasteiger partial charge is 0.466 e. The van der Waals surface area contributed by atoms with E-state index in [1.165, 1.54) is 44.4 Å². The van der Waals surface area contributed by atoms with Crippen molar-refractivity contribution in [2.75, 3.05) is 13.7 Å². The van der Waals surface area contributed by atoms with Gasteiger partial charge in [-0.05, 0) is 58.3 Å². The van der Waals surface area contributed by atoms with Crippen LogP contribution in [-0.4, -0.2) is 188 Å². The molecule has 0 aliphatic rings. The van der Waals surface area contributed by atoms with E-state index < -0.39 is 103 Å². The van der Waals surface area contributed by atoms with Crippen molar-refractivity contribution in [2.24, 2.45) is 34.2 Å². The number of hydrogen-bond donors (Lipinski definition) is 16. The number of ketones is 1. The summed E-state index contributed by atoms with van der Waals surface area (Å²) >= 11 is 0. The zero-order valence-electron chi connectivity index (χ0n) is 48.4. The Morgan fingerprint density at radius 3 is 1.54 bits per heavy atom. The number of Topliss-reactive ketones (excluding diaryl/α,β-unsaturated/α-hetero) is 1. The third-order valence-corrected chi connectivity index (χ3v) is 13.1. The van der Waals surface area contributed by atoms with Gasteiger partial charge >= 0.3 is 5.97 Å². The van der Waals surface area contributed by atoms with Gasteiger partial charge in [0, 0.05) is 55.6 Å². The summed E-state index contributed by atoms with van der Waals surface area (Å²) in [5.41, 5.74) is 11.0. The Morgan fingerprint density at radius 1 is 0.500 bits per heavy atom. The lowest BCUT2D eigenvalue weighted by atomic mass is 9.88. The van der Waals surface area contributed by atoms with Crippen LogP contribution in [0.25, 0.3) is 0 Å². The molecule has 0 bridgehead atoms. The van der Waals surface area contributed by atoms with Gasteiger partial charge in [0.15, 0.2) is 11.7 Å². The van der Waals surface area contributed by atoms with E-state index in [0.29, 0.717) is 25.0 Å². The Labute approximate surface area is 485 Å². The van der Waals surface area contributed by atoms with Crippen LogP contribution >= 0.6 is 0 Å². The molecule has 17 atom stereocenters. The fourth-order valence-corrected chi connectivity index (χ4v) is 7.97. The molecule has 0 aromatic heterocycles. The van der Waals surface area contributed by atoms with Crippen LogP contribution in [0.3, 0.4) is 0 Å². The molecule has 20 heteroatoms. The monoisotopic (exact) mass is 1160 g/mol. The van der Waals surface area contributed by atoms with Crippen molar-refractivity contribution in [2.45, 2.75) is 190 Å². The third kappa shape index (κ3) is 38.5. The molecule has 0 fully saturated rings. The van der Waals surface area contributed by atoms with E-state index in [1.807, 2.05) is 37.3 Å². The first-order chi connectivity index (χ1) is 38.8. The minimum atomic E-state index is -1.70. The van der Waals surface area contributed by atoms with Gasteiger partial charge in [0.1, 0.15) is 12.2 Å². The van der Waals surface area contributed by atoms with E-state index in [1.54, 1.807) is 92.8 Å². The van der Waals surface area contributed by atoms with Gasteiger partial charge in [-0.25, -0.2) is 4.79 Å². The molecule has 0 spiro atoms.